The van der Waals surface area contributed by atoms with E-state index >= 15 is 0 Å². The molecule has 0 aromatic carbocycles. The summed E-state index contributed by atoms with van der Waals surface area (Å²) in [6, 6.07) is 1.80. The zero-order valence-corrected chi connectivity index (χ0v) is 11.0. The van der Waals surface area contributed by atoms with E-state index in [0.717, 1.165) is 31.6 Å². The molecule has 94 valence electrons. The summed E-state index contributed by atoms with van der Waals surface area (Å²) in [6.45, 7) is 2.34. The van der Waals surface area contributed by atoms with Crippen LogP contribution in [-0.4, -0.2) is 24.8 Å². The highest BCUT2D eigenvalue weighted by atomic mass is 35.5. The van der Waals surface area contributed by atoms with Crippen LogP contribution in [0.25, 0.3) is 0 Å². The number of aromatic nitrogens is 1. The first-order valence-corrected chi connectivity index (χ1v) is 6.62. The van der Waals surface area contributed by atoms with Gasteiger partial charge >= 0.3 is 0 Å². The highest BCUT2D eigenvalue weighted by Gasteiger charge is 2.14. The Bertz CT molecular complexity index is 368. The zero-order chi connectivity index (χ0) is 12.1. The first-order valence-electron chi connectivity index (χ1n) is 5.70. The Labute approximate surface area is 111 Å². The molecule has 0 aliphatic carbocycles. The van der Waals surface area contributed by atoms with Crippen LogP contribution in [0.4, 0.5) is 0 Å². The molecule has 2 heterocycles. The van der Waals surface area contributed by atoms with Gasteiger partial charge in [0.25, 0.3) is 0 Å². The average molecular weight is 276 g/mol. The smallest absolute Gasteiger partial charge is 0.213 e. The minimum absolute atomic E-state index is 0.370. The summed E-state index contributed by atoms with van der Waals surface area (Å²) >= 11 is 11.7. The van der Waals surface area contributed by atoms with Crippen LogP contribution in [0.3, 0.4) is 0 Å². The van der Waals surface area contributed by atoms with Crippen LogP contribution in [0.1, 0.15) is 18.4 Å². The summed E-state index contributed by atoms with van der Waals surface area (Å²) in [6.07, 6.45) is 3.69. The molecule has 1 aliphatic rings. The number of ether oxygens (including phenoxy) is 2. The average Bonchev–Trinajstić information content (AvgIpc) is 2.39. The summed E-state index contributed by atoms with van der Waals surface area (Å²) in [4.78, 5) is 4.13. The molecule has 1 saturated heterocycles. The first kappa shape index (κ1) is 12.9. The Hall–Kier alpha value is -0.510. The van der Waals surface area contributed by atoms with Gasteiger partial charge in [0, 0.05) is 31.4 Å². The number of pyridine rings is 1. The molecule has 3 nitrogen and oxygen atoms in total. The molecule has 0 spiro atoms. The fourth-order valence-electron chi connectivity index (χ4n) is 1.76. The Morgan fingerprint density at radius 1 is 1.41 bits per heavy atom. The van der Waals surface area contributed by atoms with Crippen LogP contribution in [0.2, 0.25) is 5.02 Å². The van der Waals surface area contributed by atoms with E-state index in [2.05, 4.69) is 4.98 Å². The number of rotatable bonds is 4. The summed E-state index contributed by atoms with van der Waals surface area (Å²) in [5.74, 6) is 1.52. The van der Waals surface area contributed by atoms with Crippen molar-refractivity contribution in [3.05, 3.63) is 22.8 Å². The minimum atomic E-state index is 0.370. The lowest BCUT2D eigenvalue weighted by Gasteiger charge is -2.21. The molecule has 1 aromatic rings. The van der Waals surface area contributed by atoms with Gasteiger partial charge in [0.15, 0.2) is 0 Å². The van der Waals surface area contributed by atoms with Gasteiger partial charge in [-0.25, -0.2) is 4.98 Å². The lowest BCUT2D eigenvalue weighted by molar-refractivity contribution is 0.0490. The van der Waals surface area contributed by atoms with Crippen molar-refractivity contribution in [2.75, 3.05) is 19.8 Å². The van der Waals surface area contributed by atoms with E-state index < -0.39 is 0 Å². The Morgan fingerprint density at radius 2 is 2.18 bits per heavy atom. The van der Waals surface area contributed by atoms with Gasteiger partial charge in [-0.2, -0.15) is 0 Å². The normalized spacial score (nSPS) is 17.1. The predicted molar refractivity (Wildman–Crippen MR) is 67.8 cm³/mol. The van der Waals surface area contributed by atoms with Gasteiger partial charge in [0.1, 0.15) is 0 Å². The maximum absolute atomic E-state index is 5.93. The molecule has 0 radical (unpaired) electrons. The maximum Gasteiger partial charge on any atom is 0.213 e. The van der Waals surface area contributed by atoms with Crippen LogP contribution < -0.4 is 4.74 Å². The van der Waals surface area contributed by atoms with Crippen LogP contribution in [0.5, 0.6) is 5.88 Å². The van der Waals surface area contributed by atoms with Crippen molar-refractivity contribution in [3.8, 4) is 5.88 Å². The lowest BCUT2D eigenvalue weighted by atomic mass is 10.0. The fourth-order valence-corrected chi connectivity index (χ4v) is 2.22. The topological polar surface area (TPSA) is 31.4 Å². The second-order valence-corrected chi connectivity index (χ2v) is 4.79. The van der Waals surface area contributed by atoms with Gasteiger partial charge in [0.05, 0.1) is 11.6 Å². The second kappa shape index (κ2) is 6.43. The quantitative estimate of drug-likeness (QED) is 0.791. The molecular weight excluding hydrogens is 261 g/mol. The summed E-state index contributed by atoms with van der Waals surface area (Å²) < 4.78 is 11.0. The molecule has 0 saturated carbocycles. The van der Waals surface area contributed by atoms with E-state index in [-0.39, 0.29) is 0 Å². The molecular formula is C12H15Cl2NO2. The van der Waals surface area contributed by atoms with Crippen molar-refractivity contribution in [3.63, 3.8) is 0 Å². The van der Waals surface area contributed by atoms with E-state index in [1.807, 2.05) is 0 Å². The van der Waals surface area contributed by atoms with E-state index in [4.69, 9.17) is 32.7 Å². The third kappa shape index (κ3) is 3.73. The molecule has 2 rings (SSSR count). The first-order chi connectivity index (χ1) is 8.29. The van der Waals surface area contributed by atoms with E-state index in [9.17, 15) is 0 Å². The van der Waals surface area contributed by atoms with E-state index in [1.54, 1.807) is 12.3 Å². The molecule has 0 N–H and O–H groups in total. The fraction of sp³-hybridized carbons (Fsp3) is 0.583. The molecule has 17 heavy (non-hydrogen) atoms. The Kier molecular flexibility index (Phi) is 4.89. The lowest BCUT2D eigenvalue weighted by Crippen LogP contribution is -2.21. The number of alkyl halides is 1. The van der Waals surface area contributed by atoms with Crippen molar-refractivity contribution in [2.45, 2.75) is 18.7 Å². The van der Waals surface area contributed by atoms with E-state index in [0.29, 0.717) is 29.3 Å². The van der Waals surface area contributed by atoms with Crippen molar-refractivity contribution in [2.24, 2.45) is 5.92 Å². The Morgan fingerprint density at radius 3 is 2.88 bits per heavy atom. The minimum Gasteiger partial charge on any atom is -0.477 e. The molecule has 0 amide bonds. The highest BCUT2D eigenvalue weighted by Crippen LogP contribution is 2.22. The van der Waals surface area contributed by atoms with Crippen molar-refractivity contribution >= 4 is 23.2 Å². The van der Waals surface area contributed by atoms with Gasteiger partial charge in [-0.05, 0) is 24.3 Å². The largest absolute Gasteiger partial charge is 0.477 e. The number of hydrogen-bond donors (Lipinski definition) is 0. The second-order valence-electron chi connectivity index (χ2n) is 4.11. The SMILES string of the molecule is ClCc1cc(OCC2CCOCC2)ncc1Cl. The molecule has 0 atom stereocenters. The van der Waals surface area contributed by atoms with Gasteiger partial charge < -0.3 is 9.47 Å². The number of nitrogens with zero attached hydrogens (tertiary/aromatic N) is 1. The Balaban J connectivity index is 1.89. The third-order valence-corrected chi connectivity index (χ3v) is 3.49. The molecule has 1 aromatic heterocycles. The van der Waals surface area contributed by atoms with Crippen molar-refractivity contribution < 1.29 is 9.47 Å². The van der Waals surface area contributed by atoms with Crippen LogP contribution in [0, 0.1) is 5.92 Å². The van der Waals surface area contributed by atoms with Gasteiger partial charge in [0.2, 0.25) is 5.88 Å². The molecule has 0 unspecified atom stereocenters. The van der Waals surface area contributed by atoms with E-state index in [1.165, 1.54) is 0 Å². The maximum atomic E-state index is 5.93. The van der Waals surface area contributed by atoms with Gasteiger partial charge in [-0.1, -0.05) is 11.6 Å². The number of hydrogen-bond acceptors (Lipinski definition) is 3. The monoisotopic (exact) mass is 275 g/mol. The zero-order valence-electron chi connectivity index (χ0n) is 9.49. The standard InChI is InChI=1S/C12H15Cl2NO2/c13-6-10-5-12(15-7-11(10)14)17-8-9-1-3-16-4-2-9/h5,7,9H,1-4,6,8H2. The van der Waals surface area contributed by atoms with Crippen molar-refractivity contribution in [1.82, 2.24) is 4.98 Å². The molecule has 5 heteroatoms. The van der Waals surface area contributed by atoms with Crippen LogP contribution >= 0.6 is 23.2 Å². The summed E-state index contributed by atoms with van der Waals surface area (Å²) in [5.41, 5.74) is 0.852. The van der Waals surface area contributed by atoms with Gasteiger partial charge in [-0.3, -0.25) is 0 Å². The number of halogens is 2. The van der Waals surface area contributed by atoms with Gasteiger partial charge in [-0.15, -0.1) is 11.6 Å². The van der Waals surface area contributed by atoms with Crippen LogP contribution in [-0.2, 0) is 10.6 Å². The highest BCUT2D eigenvalue weighted by molar-refractivity contribution is 6.32. The molecule has 1 aliphatic heterocycles. The molecule has 0 bridgehead atoms. The van der Waals surface area contributed by atoms with Crippen LogP contribution in [0.15, 0.2) is 12.3 Å². The predicted octanol–water partition coefficient (Wildman–Crippen LogP) is 3.28. The third-order valence-electron chi connectivity index (χ3n) is 2.86. The molecule has 1 fully saturated rings. The summed E-state index contributed by atoms with van der Waals surface area (Å²) in [7, 11) is 0. The summed E-state index contributed by atoms with van der Waals surface area (Å²) in [5, 5.41) is 0.582. The van der Waals surface area contributed by atoms with Crippen molar-refractivity contribution in [1.29, 1.82) is 0 Å².